The average Bonchev–Trinajstić information content (AvgIpc) is 2.55. The minimum Gasteiger partial charge on any atom is -0.462 e. The van der Waals surface area contributed by atoms with E-state index in [0.717, 1.165) is 36.7 Å². The summed E-state index contributed by atoms with van der Waals surface area (Å²) < 4.78 is 4.94. The molecule has 0 aliphatic heterocycles. The molecule has 0 aliphatic carbocycles. The number of nitrogens with zero attached hydrogens (tertiary/aromatic N) is 1. The van der Waals surface area contributed by atoms with Crippen molar-refractivity contribution >= 4 is 5.97 Å². The number of nitriles is 1. The van der Waals surface area contributed by atoms with Gasteiger partial charge in [-0.25, -0.2) is 4.79 Å². The number of hydrogen-bond donors (Lipinski definition) is 0. The molecule has 26 heavy (non-hydrogen) atoms. The van der Waals surface area contributed by atoms with E-state index in [2.05, 4.69) is 27.7 Å². The van der Waals surface area contributed by atoms with Crippen molar-refractivity contribution in [1.29, 1.82) is 5.26 Å². The van der Waals surface area contributed by atoms with Crippen molar-refractivity contribution in [3.8, 4) is 6.07 Å². The van der Waals surface area contributed by atoms with Gasteiger partial charge in [0.1, 0.15) is 11.6 Å². The van der Waals surface area contributed by atoms with Gasteiger partial charge in [-0.2, -0.15) is 5.26 Å². The van der Waals surface area contributed by atoms with Gasteiger partial charge in [0, 0.05) is 0 Å². The van der Waals surface area contributed by atoms with E-state index in [0.29, 0.717) is 12.5 Å². The van der Waals surface area contributed by atoms with Gasteiger partial charge >= 0.3 is 5.97 Å². The Morgan fingerprint density at radius 1 is 0.923 bits per heavy atom. The Hall–Kier alpha value is -1.30. The van der Waals surface area contributed by atoms with E-state index in [4.69, 9.17) is 10.00 Å². The van der Waals surface area contributed by atoms with E-state index in [1.54, 1.807) is 6.92 Å². The molecule has 0 N–H and O–H groups in total. The highest BCUT2D eigenvalue weighted by Crippen LogP contribution is 2.22. The maximum absolute atomic E-state index is 11.7. The van der Waals surface area contributed by atoms with Gasteiger partial charge in [-0.1, -0.05) is 72.6 Å². The fraction of sp³-hybridized carbons (Fsp3) is 0.826. The van der Waals surface area contributed by atoms with Crippen molar-refractivity contribution in [2.75, 3.05) is 6.61 Å². The van der Waals surface area contributed by atoms with Crippen LogP contribution in [0.25, 0.3) is 0 Å². The maximum atomic E-state index is 11.7. The molecule has 0 amide bonds. The lowest BCUT2D eigenvalue weighted by molar-refractivity contribution is -0.138. The molecule has 0 aromatic carbocycles. The second kappa shape index (κ2) is 14.8. The Morgan fingerprint density at radius 2 is 1.42 bits per heavy atom. The maximum Gasteiger partial charge on any atom is 0.348 e. The van der Waals surface area contributed by atoms with Crippen LogP contribution in [0.5, 0.6) is 0 Å². The molecule has 0 saturated carbocycles. The lowest BCUT2D eigenvalue weighted by Crippen LogP contribution is -2.08. The predicted molar refractivity (Wildman–Crippen MR) is 110 cm³/mol. The standard InChI is InChI=1S/C23H41NO2/c1-7-26-23(25)22(17-24)21(6)16-10-15-20(5)14-9-13-19(4)12-8-11-18(2)3/h18-20H,7-16H2,1-6H3/b22-21+. The highest BCUT2D eigenvalue weighted by Gasteiger charge is 2.14. The van der Waals surface area contributed by atoms with Crippen LogP contribution < -0.4 is 0 Å². The molecule has 2 unspecified atom stereocenters. The molecule has 3 nitrogen and oxygen atoms in total. The van der Waals surface area contributed by atoms with Gasteiger partial charge < -0.3 is 4.74 Å². The average molecular weight is 364 g/mol. The Kier molecular flexibility index (Phi) is 14.1. The zero-order chi connectivity index (χ0) is 19.9. The summed E-state index contributed by atoms with van der Waals surface area (Å²) in [6, 6.07) is 2.00. The first-order valence-electron chi connectivity index (χ1n) is 10.6. The van der Waals surface area contributed by atoms with Crippen LogP contribution in [-0.2, 0) is 9.53 Å². The summed E-state index contributed by atoms with van der Waals surface area (Å²) in [6.45, 7) is 13.3. The summed E-state index contributed by atoms with van der Waals surface area (Å²) in [5.41, 5.74) is 1.05. The van der Waals surface area contributed by atoms with Crippen LogP contribution in [0.1, 0.15) is 99.3 Å². The van der Waals surface area contributed by atoms with E-state index < -0.39 is 5.97 Å². The third-order valence-corrected chi connectivity index (χ3v) is 5.14. The van der Waals surface area contributed by atoms with Crippen LogP contribution in [0.4, 0.5) is 0 Å². The predicted octanol–water partition coefficient (Wildman–Crippen LogP) is 6.83. The van der Waals surface area contributed by atoms with Gasteiger partial charge in [0.2, 0.25) is 0 Å². The lowest BCUT2D eigenvalue weighted by atomic mass is 9.91. The Bertz CT molecular complexity index is 459. The number of allylic oxidation sites excluding steroid dienone is 1. The summed E-state index contributed by atoms with van der Waals surface area (Å²) in [6.07, 6.45) is 11.0. The molecule has 2 atom stereocenters. The minimum atomic E-state index is -0.480. The molecular formula is C23H41NO2. The zero-order valence-electron chi connectivity index (χ0n) is 18.1. The van der Waals surface area contributed by atoms with E-state index in [9.17, 15) is 4.79 Å². The number of carbonyl (C=O) groups is 1. The first-order chi connectivity index (χ1) is 12.3. The van der Waals surface area contributed by atoms with Crippen molar-refractivity contribution in [2.45, 2.75) is 99.3 Å². The first-order valence-corrected chi connectivity index (χ1v) is 10.6. The Balaban J connectivity index is 4.00. The van der Waals surface area contributed by atoms with Crippen LogP contribution >= 0.6 is 0 Å². The Morgan fingerprint density at radius 3 is 1.88 bits per heavy atom. The van der Waals surface area contributed by atoms with Gasteiger partial charge in [-0.15, -0.1) is 0 Å². The van der Waals surface area contributed by atoms with Crippen molar-refractivity contribution < 1.29 is 9.53 Å². The normalized spacial score (nSPS) is 14.5. The number of carbonyl (C=O) groups excluding carboxylic acids is 1. The molecule has 0 radical (unpaired) electrons. The van der Waals surface area contributed by atoms with Gasteiger partial charge in [0.05, 0.1) is 6.61 Å². The molecule has 3 heteroatoms. The second-order valence-corrected chi connectivity index (χ2v) is 8.35. The van der Waals surface area contributed by atoms with Gasteiger partial charge in [-0.3, -0.25) is 0 Å². The monoisotopic (exact) mass is 363 g/mol. The minimum absolute atomic E-state index is 0.190. The smallest absolute Gasteiger partial charge is 0.348 e. The van der Waals surface area contributed by atoms with Crippen molar-refractivity contribution in [1.82, 2.24) is 0 Å². The van der Waals surface area contributed by atoms with Crippen molar-refractivity contribution in [2.24, 2.45) is 17.8 Å². The van der Waals surface area contributed by atoms with E-state index in [1.165, 1.54) is 38.5 Å². The second-order valence-electron chi connectivity index (χ2n) is 8.35. The van der Waals surface area contributed by atoms with Crippen LogP contribution in [-0.4, -0.2) is 12.6 Å². The summed E-state index contributed by atoms with van der Waals surface area (Å²) in [4.78, 5) is 11.7. The zero-order valence-corrected chi connectivity index (χ0v) is 18.1. The van der Waals surface area contributed by atoms with Crippen LogP contribution in [0.2, 0.25) is 0 Å². The van der Waals surface area contributed by atoms with Gasteiger partial charge in [0.25, 0.3) is 0 Å². The fourth-order valence-electron chi connectivity index (χ4n) is 3.34. The molecule has 0 spiro atoms. The highest BCUT2D eigenvalue weighted by molar-refractivity contribution is 5.93. The molecule has 0 heterocycles. The van der Waals surface area contributed by atoms with Crippen LogP contribution in [0.15, 0.2) is 11.1 Å². The molecule has 0 aromatic rings. The molecular weight excluding hydrogens is 322 g/mol. The topological polar surface area (TPSA) is 50.1 Å². The van der Waals surface area contributed by atoms with Crippen molar-refractivity contribution in [3.05, 3.63) is 11.1 Å². The fourth-order valence-corrected chi connectivity index (χ4v) is 3.34. The molecule has 0 rings (SSSR count). The molecule has 0 fully saturated rings. The number of esters is 1. The summed E-state index contributed by atoms with van der Waals surface area (Å²) in [7, 11) is 0. The summed E-state index contributed by atoms with van der Waals surface area (Å²) in [5.74, 6) is 1.89. The van der Waals surface area contributed by atoms with E-state index in [1.807, 2.05) is 13.0 Å². The molecule has 0 aromatic heterocycles. The molecule has 150 valence electrons. The van der Waals surface area contributed by atoms with E-state index in [-0.39, 0.29) is 5.57 Å². The van der Waals surface area contributed by atoms with Crippen LogP contribution in [0.3, 0.4) is 0 Å². The quantitative estimate of drug-likeness (QED) is 0.193. The van der Waals surface area contributed by atoms with Crippen molar-refractivity contribution in [3.63, 3.8) is 0 Å². The van der Waals surface area contributed by atoms with E-state index >= 15 is 0 Å². The Labute approximate surface area is 162 Å². The van der Waals surface area contributed by atoms with Gasteiger partial charge in [0.15, 0.2) is 0 Å². The number of hydrogen-bond acceptors (Lipinski definition) is 3. The van der Waals surface area contributed by atoms with Crippen LogP contribution in [0, 0.1) is 29.1 Å². The molecule has 0 bridgehead atoms. The molecule has 0 aliphatic rings. The third kappa shape index (κ3) is 12.1. The summed E-state index contributed by atoms with van der Waals surface area (Å²) in [5, 5.41) is 9.15. The SMILES string of the molecule is CCOC(=O)/C(C#N)=C(\C)CCCC(C)CCCC(C)CCCC(C)C. The number of ether oxygens (including phenoxy) is 1. The first kappa shape index (κ1) is 24.7. The molecule has 0 saturated heterocycles. The summed E-state index contributed by atoms with van der Waals surface area (Å²) >= 11 is 0. The lowest BCUT2D eigenvalue weighted by Gasteiger charge is -2.15. The highest BCUT2D eigenvalue weighted by atomic mass is 16.5. The number of rotatable bonds is 14. The third-order valence-electron chi connectivity index (χ3n) is 5.14. The largest absolute Gasteiger partial charge is 0.462 e. The van der Waals surface area contributed by atoms with Gasteiger partial charge in [-0.05, 0) is 50.0 Å².